The van der Waals surface area contributed by atoms with Crippen molar-refractivity contribution in [3.05, 3.63) is 60.7 Å². The van der Waals surface area contributed by atoms with E-state index in [0.717, 1.165) is 48.5 Å². The third kappa shape index (κ3) is 6.67. The van der Waals surface area contributed by atoms with Crippen molar-refractivity contribution < 1.29 is 62.9 Å². The Kier molecular flexibility index (Phi) is 9.57. The Labute approximate surface area is 216 Å². The van der Waals surface area contributed by atoms with E-state index in [4.69, 9.17) is 0 Å². The standard InChI is InChI=1S/C20H14F12O2S2Se/c21-17(22,23)15(33,18(24,25)26)13(35-11-7-3-1-4-8-11)37-14(36-12-9-5-2-6-10-12)16(34,19(27,28)29)20(30,31)32/h1-10,13-14,33-34H/t13-,14+. The number of halogens is 12. The third-order valence-electron chi connectivity index (χ3n) is 4.63. The number of hydrogen-bond donors (Lipinski definition) is 2. The first-order chi connectivity index (χ1) is 16.7. The van der Waals surface area contributed by atoms with E-state index in [1.54, 1.807) is 0 Å². The van der Waals surface area contributed by atoms with Crippen molar-refractivity contribution in [2.45, 2.75) is 54.0 Å². The summed E-state index contributed by atoms with van der Waals surface area (Å²) >= 11 is -3.83. The molecule has 0 bridgehead atoms. The van der Waals surface area contributed by atoms with Crippen LogP contribution in [-0.4, -0.2) is 69.4 Å². The Morgan fingerprint density at radius 2 is 0.730 bits per heavy atom. The van der Waals surface area contributed by atoms with Gasteiger partial charge in [0.1, 0.15) is 0 Å². The Bertz CT molecular complexity index is 901. The van der Waals surface area contributed by atoms with Crippen LogP contribution in [0.15, 0.2) is 70.5 Å². The van der Waals surface area contributed by atoms with E-state index in [9.17, 15) is 62.9 Å². The zero-order chi connectivity index (χ0) is 28.5. The molecule has 0 saturated heterocycles. The van der Waals surface area contributed by atoms with Gasteiger partial charge in [0.05, 0.1) is 0 Å². The summed E-state index contributed by atoms with van der Waals surface area (Å²) in [4.78, 5) is -0.820. The first kappa shape index (κ1) is 32.0. The molecule has 2 N–H and O–H groups in total. The SMILES string of the molecule is OC([C@H](Sc1ccccc1)[Se][C@H](Sc1ccccc1)C(O)(C(F)(F)F)C(F)(F)F)(C(F)(F)F)C(F)(F)F. The Hall–Kier alpha value is -1.26. The molecule has 0 amide bonds. The summed E-state index contributed by atoms with van der Waals surface area (Å²) in [5, 5.41) is 20.0. The summed E-state index contributed by atoms with van der Waals surface area (Å²) in [6.45, 7) is 0. The van der Waals surface area contributed by atoms with E-state index < -0.39 is 92.5 Å². The minimum absolute atomic E-state index is 0.396. The summed E-state index contributed by atoms with van der Waals surface area (Å²) in [7, 11) is 0. The summed E-state index contributed by atoms with van der Waals surface area (Å²) in [6.07, 6.45) is -26.2. The van der Waals surface area contributed by atoms with Gasteiger partial charge in [0, 0.05) is 0 Å². The van der Waals surface area contributed by atoms with E-state index in [2.05, 4.69) is 0 Å². The zero-order valence-electron chi connectivity index (χ0n) is 17.6. The van der Waals surface area contributed by atoms with E-state index >= 15 is 0 Å². The number of aliphatic hydroxyl groups is 2. The molecule has 0 aliphatic carbocycles. The van der Waals surface area contributed by atoms with Crippen molar-refractivity contribution in [2.24, 2.45) is 0 Å². The van der Waals surface area contributed by atoms with Crippen LogP contribution in [-0.2, 0) is 0 Å². The summed E-state index contributed by atoms with van der Waals surface area (Å²) in [6, 6.07) is 11.0. The summed E-state index contributed by atoms with van der Waals surface area (Å²) in [5.41, 5.74) is -11.5. The average molecular weight is 657 g/mol. The normalized spacial score (nSPS) is 15.9. The van der Waals surface area contributed by atoms with Crippen LogP contribution in [0.2, 0.25) is 0 Å². The van der Waals surface area contributed by atoms with Crippen molar-refractivity contribution in [1.82, 2.24) is 0 Å². The van der Waals surface area contributed by atoms with Gasteiger partial charge in [-0.15, -0.1) is 0 Å². The predicted molar refractivity (Wildman–Crippen MR) is 112 cm³/mol. The van der Waals surface area contributed by atoms with Crippen LogP contribution in [0.1, 0.15) is 0 Å². The number of thioether (sulfide) groups is 2. The van der Waals surface area contributed by atoms with Gasteiger partial charge < -0.3 is 0 Å². The van der Waals surface area contributed by atoms with Gasteiger partial charge in [-0.25, -0.2) is 0 Å². The van der Waals surface area contributed by atoms with Crippen LogP contribution < -0.4 is 0 Å². The monoisotopic (exact) mass is 658 g/mol. The molecule has 0 aliphatic heterocycles. The Balaban J connectivity index is 2.78. The molecule has 17 heteroatoms. The molecule has 0 saturated carbocycles. The molecule has 2 rings (SSSR count). The fourth-order valence-electron chi connectivity index (χ4n) is 2.64. The van der Waals surface area contributed by atoms with Crippen LogP contribution in [0.25, 0.3) is 0 Å². The van der Waals surface area contributed by atoms with Crippen molar-refractivity contribution in [1.29, 1.82) is 0 Å². The van der Waals surface area contributed by atoms with Crippen molar-refractivity contribution in [3.63, 3.8) is 0 Å². The van der Waals surface area contributed by atoms with Crippen molar-refractivity contribution >= 4 is 38.5 Å². The van der Waals surface area contributed by atoms with Gasteiger partial charge in [-0.05, 0) is 0 Å². The second kappa shape index (κ2) is 11.1. The quantitative estimate of drug-likeness (QED) is 0.190. The molecule has 2 aromatic carbocycles. The van der Waals surface area contributed by atoms with Crippen LogP contribution in [0, 0.1) is 0 Å². The number of hydrogen-bond acceptors (Lipinski definition) is 4. The van der Waals surface area contributed by atoms with Gasteiger partial charge in [0.15, 0.2) is 0 Å². The van der Waals surface area contributed by atoms with Crippen LogP contribution >= 0.6 is 23.5 Å². The minimum atomic E-state index is -6.56. The molecular formula is C20H14F12O2S2Se. The molecule has 0 heterocycles. The Morgan fingerprint density at radius 1 is 0.486 bits per heavy atom. The molecule has 0 aromatic heterocycles. The predicted octanol–water partition coefficient (Wildman–Crippen LogP) is 6.64. The van der Waals surface area contributed by atoms with Gasteiger partial charge in [-0.3, -0.25) is 0 Å². The third-order valence-corrected chi connectivity index (χ3v) is 11.7. The van der Waals surface area contributed by atoms with E-state index in [0.29, 0.717) is 0 Å². The van der Waals surface area contributed by atoms with Gasteiger partial charge in [-0.1, -0.05) is 0 Å². The molecule has 0 unspecified atom stereocenters. The van der Waals surface area contributed by atoms with Crippen molar-refractivity contribution in [3.8, 4) is 0 Å². The second-order valence-electron chi connectivity index (χ2n) is 7.19. The summed E-state index contributed by atoms with van der Waals surface area (Å²) < 4.78 is 158. The molecule has 2 atom stereocenters. The first-order valence-corrected chi connectivity index (χ1v) is 13.2. The number of alkyl halides is 12. The van der Waals surface area contributed by atoms with Crippen LogP contribution in [0.3, 0.4) is 0 Å². The molecule has 208 valence electrons. The number of rotatable bonds is 8. The zero-order valence-corrected chi connectivity index (χ0v) is 20.9. The second-order valence-corrected chi connectivity index (χ2v) is 13.4. The molecule has 2 nitrogen and oxygen atoms in total. The maximum absolute atomic E-state index is 13.7. The maximum atomic E-state index is 13.7. The van der Waals surface area contributed by atoms with Crippen LogP contribution in [0.5, 0.6) is 0 Å². The number of benzene rings is 2. The molecule has 0 fully saturated rings. The van der Waals surface area contributed by atoms with Gasteiger partial charge >= 0.3 is 216 Å². The van der Waals surface area contributed by atoms with Crippen LogP contribution in [0.4, 0.5) is 52.7 Å². The summed E-state index contributed by atoms with van der Waals surface area (Å²) in [5.74, 6) is 0. The van der Waals surface area contributed by atoms with E-state index in [1.165, 1.54) is 12.1 Å². The fraction of sp³-hybridized carbons (Fsp3) is 0.400. The topological polar surface area (TPSA) is 40.5 Å². The van der Waals surface area contributed by atoms with E-state index in [1.807, 2.05) is 0 Å². The molecule has 0 aliphatic rings. The van der Waals surface area contributed by atoms with Gasteiger partial charge in [0.25, 0.3) is 0 Å². The molecule has 2 aromatic rings. The van der Waals surface area contributed by atoms with Gasteiger partial charge in [-0.2, -0.15) is 0 Å². The average Bonchev–Trinajstić information content (AvgIpc) is 2.75. The first-order valence-electron chi connectivity index (χ1n) is 9.46. The van der Waals surface area contributed by atoms with Crippen molar-refractivity contribution in [2.75, 3.05) is 0 Å². The molecule has 0 spiro atoms. The molecule has 37 heavy (non-hydrogen) atoms. The van der Waals surface area contributed by atoms with E-state index in [-0.39, 0.29) is 0 Å². The Morgan fingerprint density at radius 3 is 0.946 bits per heavy atom. The van der Waals surface area contributed by atoms with Gasteiger partial charge in [0.2, 0.25) is 0 Å². The fourth-order valence-corrected chi connectivity index (χ4v) is 10.8. The molecular weight excluding hydrogens is 643 g/mol. The molecule has 0 radical (unpaired) electrons.